The molecule has 204 valence electrons. The summed E-state index contributed by atoms with van der Waals surface area (Å²) in [4.78, 5) is 50.1. The van der Waals surface area contributed by atoms with Crippen LogP contribution in [0.4, 0.5) is 0 Å². The molecule has 2 fully saturated rings. The number of esters is 3. The zero-order valence-electron chi connectivity index (χ0n) is 21.6. The molecule has 1 aromatic rings. The first-order valence-electron chi connectivity index (χ1n) is 12.3. The number of ketones is 1. The Balaban J connectivity index is 2.02. The van der Waals surface area contributed by atoms with E-state index in [9.17, 15) is 34.5 Å². The first-order chi connectivity index (χ1) is 17.2. The predicted octanol–water partition coefficient (Wildman–Crippen LogP) is 0.590. The molecule has 3 N–H and O–H groups in total. The zero-order chi connectivity index (χ0) is 27.6. The van der Waals surface area contributed by atoms with Crippen molar-refractivity contribution >= 4 is 23.7 Å². The average molecular weight is 523 g/mol. The van der Waals surface area contributed by atoms with Crippen molar-refractivity contribution in [2.75, 3.05) is 13.2 Å². The van der Waals surface area contributed by atoms with E-state index in [1.54, 1.807) is 19.9 Å². The molecule has 3 aliphatic carbocycles. The number of carbonyl (C=O) groups excluding carboxylic acids is 4. The number of Topliss-reactive ketones (excluding diaryl/α,β-unsaturated/α-hetero) is 1. The van der Waals surface area contributed by atoms with Crippen molar-refractivity contribution < 1.29 is 53.1 Å². The van der Waals surface area contributed by atoms with Crippen LogP contribution in [-0.4, -0.2) is 76.1 Å². The van der Waals surface area contributed by atoms with Crippen LogP contribution in [0.1, 0.15) is 58.8 Å². The monoisotopic (exact) mass is 522 g/mol. The fraction of sp³-hybridized carbons (Fsp3) is 0.692. The van der Waals surface area contributed by atoms with Gasteiger partial charge in [0, 0.05) is 33.1 Å². The average Bonchev–Trinajstić information content (AvgIpc) is 3.29. The van der Waals surface area contributed by atoms with E-state index >= 15 is 0 Å². The van der Waals surface area contributed by atoms with Crippen molar-refractivity contribution in [3.8, 4) is 0 Å². The molecule has 3 aliphatic rings. The van der Waals surface area contributed by atoms with Gasteiger partial charge in [-0.05, 0) is 36.8 Å². The highest BCUT2D eigenvalue weighted by molar-refractivity contribution is 5.96. The van der Waals surface area contributed by atoms with E-state index in [1.165, 1.54) is 6.26 Å². The van der Waals surface area contributed by atoms with Gasteiger partial charge in [-0.1, -0.05) is 6.92 Å². The van der Waals surface area contributed by atoms with Crippen molar-refractivity contribution in [2.45, 2.75) is 83.2 Å². The Hall–Kier alpha value is -2.76. The summed E-state index contributed by atoms with van der Waals surface area (Å²) in [6.45, 7) is 5.26. The number of aryl methyl sites for hydroxylation is 1. The number of furan rings is 1. The van der Waals surface area contributed by atoms with E-state index in [-0.39, 0.29) is 6.42 Å². The molecule has 37 heavy (non-hydrogen) atoms. The molecule has 0 aromatic carbocycles. The lowest BCUT2D eigenvalue weighted by atomic mass is 9.35. The number of aliphatic hydroxyl groups is 3. The van der Waals surface area contributed by atoms with Crippen LogP contribution in [0.15, 0.2) is 16.7 Å². The number of fused-ring (bicyclic) bond motifs is 5. The number of ether oxygens (including phenoxy) is 3. The third-order valence-corrected chi connectivity index (χ3v) is 9.22. The Kier molecular flexibility index (Phi) is 6.58. The lowest BCUT2D eigenvalue weighted by Crippen LogP contribution is -2.83. The van der Waals surface area contributed by atoms with Crippen LogP contribution in [0, 0.1) is 16.7 Å². The van der Waals surface area contributed by atoms with Gasteiger partial charge in [0.05, 0.1) is 23.2 Å². The topological polar surface area (TPSA) is 170 Å². The molecule has 8 atom stereocenters. The molecule has 0 spiro atoms. The minimum atomic E-state index is -2.41. The third kappa shape index (κ3) is 3.58. The Morgan fingerprint density at radius 1 is 1.05 bits per heavy atom. The summed E-state index contributed by atoms with van der Waals surface area (Å²) in [5.74, 6) is -3.77. The highest BCUT2D eigenvalue weighted by atomic mass is 16.6. The highest BCUT2D eigenvalue weighted by Gasteiger charge is 2.80. The van der Waals surface area contributed by atoms with Gasteiger partial charge in [0.25, 0.3) is 0 Å². The van der Waals surface area contributed by atoms with Gasteiger partial charge in [0.15, 0.2) is 5.78 Å². The molecule has 0 saturated heterocycles. The molecular formula is C26H34O11. The van der Waals surface area contributed by atoms with Crippen molar-refractivity contribution in [1.82, 2.24) is 0 Å². The summed E-state index contributed by atoms with van der Waals surface area (Å²) >= 11 is 0. The maximum Gasteiger partial charge on any atom is 0.303 e. The number of hydrogen-bond donors (Lipinski definition) is 3. The Morgan fingerprint density at radius 3 is 2.27 bits per heavy atom. The fourth-order valence-electron chi connectivity index (χ4n) is 7.40. The number of rotatable bonds is 5. The minimum Gasteiger partial charge on any atom is -0.468 e. The zero-order valence-corrected chi connectivity index (χ0v) is 21.6. The Morgan fingerprint density at radius 2 is 1.68 bits per heavy atom. The second-order valence-corrected chi connectivity index (χ2v) is 11.0. The van der Waals surface area contributed by atoms with Crippen LogP contribution in [0.25, 0.3) is 0 Å². The first-order valence-corrected chi connectivity index (χ1v) is 12.3. The standard InChI is InChI=1S/C26H34O11/c1-13(27)35-11-25-19(17(30)10-18(37-15(3)29)26(25,33)12-36-14(2)28)23(4)8-6-16-7-9-34-22(16)24(23,5)20(31)21(25)32/h7,9,17-19,21,30,32-33H,6,8,10-12H2,1-5H3. The lowest BCUT2D eigenvalue weighted by molar-refractivity contribution is -0.320. The quantitative estimate of drug-likeness (QED) is 0.365. The first kappa shape index (κ1) is 27.3. The maximum atomic E-state index is 14.3. The summed E-state index contributed by atoms with van der Waals surface area (Å²) in [5, 5.41) is 35.8. The molecule has 4 rings (SSSR count). The molecule has 1 heterocycles. The Labute approximate surface area is 214 Å². The van der Waals surface area contributed by atoms with Gasteiger partial charge >= 0.3 is 17.9 Å². The molecule has 0 bridgehead atoms. The summed E-state index contributed by atoms with van der Waals surface area (Å²) in [5.41, 5.74) is -6.26. The summed E-state index contributed by atoms with van der Waals surface area (Å²) in [6.07, 6.45) is -2.80. The van der Waals surface area contributed by atoms with Gasteiger partial charge in [-0.3, -0.25) is 19.2 Å². The Bertz CT molecular complexity index is 1130. The van der Waals surface area contributed by atoms with E-state index in [0.717, 1.165) is 26.3 Å². The SMILES string of the molecule is CC(=O)OCC1(O)C(OC(C)=O)CC(O)C2C3(C)CCc4ccoc4C3(C)C(=O)C(O)C21COC(C)=O. The number of aliphatic hydroxyl groups excluding tert-OH is 2. The van der Waals surface area contributed by atoms with Crippen molar-refractivity contribution in [1.29, 1.82) is 0 Å². The van der Waals surface area contributed by atoms with Crippen LogP contribution in [0.3, 0.4) is 0 Å². The van der Waals surface area contributed by atoms with E-state index in [0.29, 0.717) is 18.6 Å². The van der Waals surface area contributed by atoms with Crippen LogP contribution in [-0.2, 0) is 45.2 Å². The fourth-order valence-corrected chi connectivity index (χ4v) is 7.40. The minimum absolute atomic E-state index is 0.276. The number of carbonyl (C=O) groups is 4. The van der Waals surface area contributed by atoms with E-state index in [1.807, 2.05) is 0 Å². The van der Waals surface area contributed by atoms with Gasteiger partial charge in [0.2, 0.25) is 0 Å². The molecule has 0 radical (unpaired) electrons. The van der Waals surface area contributed by atoms with Gasteiger partial charge < -0.3 is 33.9 Å². The van der Waals surface area contributed by atoms with Crippen LogP contribution in [0.5, 0.6) is 0 Å². The van der Waals surface area contributed by atoms with E-state index in [2.05, 4.69) is 0 Å². The molecule has 8 unspecified atom stereocenters. The van der Waals surface area contributed by atoms with E-state index in [4.69, 9.17) is 18.6 Å². The largest absolute Gasteiger partial charge is 0.468 e. The third-order valence-electron chi connectivity index (χ3n) is 9.22. The number of hydrogen-bond acceptors (Lipinski definition) is 11. The van der Waals surface area contributed by atoms with Crippen molar-refractivity contribution in [3.05, 3.63) is 23.7 Å². The molecule has 0 aliphatic heterocycles. The van der Waals surface area contributed by atoms with Gasteiger partial charge in [0.1, 0.15) is 36.8 Å². The van der Waals surface area contributed by atoms with Crippen LogP contribution < -0.4 is 0 Å². The van der Waals surface area contributed by atoms with Gasteiger partial charge in [-0.25, -0.2) is 0 Å². The van der Waals surface area contributed by atoms with E-state index < -0.39 is 83.0 Å². The van der Waals surface area contributed by atoms with Gasteiger partial charge in [-0.15, -0.1) is 0 Å². The second-order valence-electron chi connectivity index (χ2n) is 11.0. The smallest absolute Gasteiger partial charge is 0.303 e. The molecule has 11 nitrogen and oxygen atoms in total. The second kappa shape index (κ2) is 8.92. The normalized spacial score (nSPS) is 40.6. The van der Waals surface area contributed by atoms with Crippen molar-refractivity contribution in [2.24, 2.45) is 16.7 Å². The van der Waals surface area contributed by atoms with Crippen molar-refractivity contribution in [3.63, 3.8) is 0 Å². The summed E-state index contributed by atoms with van der Waals surface area (Å²) < 4.78 is 21.7. The molecular weight excluding hydrogens is 488 g/mol. The van der Waals surface area contributed by atoms with Gasteiger partial charge in [-0.2, -0.15) is 0 Å². The summed E-state index contributed by atoms with van der Waals surface area (Å²) in [6, 6.07) is 1.76. The summed E-state index contributed by atoms with van der Waals surface area (Å²) in [7, 11) is 0. The molecule has 0 amide bonds. The molecule has 1 aromatic heterocycles. The molecule has 11 heteroatoms. The van der Waals surface area contributed by atoms with Crippen LogP contribution >= 0.6 is 0 Å². The molecule has 2 saturated carbocycles. The van der Waals surface area contributed by atoms with Crippen LogP contribution in [0.2, 0.25) is 0 Å². The maximum absolute atomic E-state index is 14.3. The highest BCUT2D eigenvalue weighted by Crippen LogP contribution is 2.69. The lowest BCUT2D eigenvalue weighted by Gasteiger charge is -2.69. The predicted molar refractivity (Wildman–Crippen MR) is 124 cm³/mol.